The largest absolute Gasteiger partial charge is 0.493 e. The van der Waals surface area contributed by atoms with Crippen LogP contribution in [0.4, 0.5) is 4.79 Å². The molecule has 1 unspecified atom stereocenters. The second kappa shape index (κ2) is 9.49. The van der Waals surface area contributed by atoms with Gasteiger partial charge in [0, 0.05) is 13.0 Å². The predicted octanol–water partition coefficient (Wildman–Crippen LogP) is 1.94. The van der Waals surface area contributed by atoms with Gasteiger partial charge in [-0.05, 0) is 31.0 Å². The Bertz CT molecular complexity index is 551. The van der Waals surface area contributed by atoms with Crippen molar-refractivity contribution in [1.82, 2.24) is 10.6 Å². The van der Waals surface area contributed by atoms with Crippen molar-refractivity contribution in [1.29, 1.82) is 0 Å². The Morgan fingerprint density at radius 2 is 1.71 bits per heavy atom. The number of hydrogen-bond donors (Lipinski definition) is 3. The maximum atomic E-state index is 11.8. The first-order chi connectivity index (χ1) is 11.4. The fourth-order valence-electron chi connectivity index (χ4n) is 2.12. The topological polar surface area (TPSA) is 106 Å². The molecule has 0 aliphatic rings. The van der Waals surface area contributed by atoms with Gasteiger partial charge in [0.2, 0.25) is 5.75 Å². The van der Waals surface area contributed by atoms with Crippen molar-refractivity contribution in [2.75, 3.05) is 27.9 Å². The number of carbonyl (C=O) groups excluding carboxylic acids is 1. The molecule has 1 rings (SSSR count). The van der Waals surface area contributed by atoms with E-state index in [-0.39, 0.29) is 18.5 Å². The monoisotopic (exact) mass is 340 g/mol. The second-order valence-electron chi connectivity index (χ2n) is 5.08. The number of aliphatic carboxylic acids is 1. The lowest BCUT2D eigenvalue weighted by Gasteiger charge is -2.19. The molecule has 0 aliphatic carbocycles. The van der Waals surface area contributed by atoms with Gasteiger partial charge in [0.05, 0.1) is 27.4 Å². The van der Waals surface area contributed by atoms with E-state index in [0.717, 1.165) is 5.56 Å². The summed E-state index contributed by atoms with van der Waals surface area (Å²) in [5.74, 6) is 0.599. The van der Waals surface area contributed by atoms with E-state index < -0.39 is 5.97 Å². The Labute approximate surface area is 141 Å². The van der Waals surface area contributed by atoms with Crippen LogP contribution < -0.4 is 24.8 Å². The summed E-state index contributed by atoms with van der Waals surface area (Å²) in [6.45, 7) is 2.11. The summed E-state index contributed by atoms with van der Waals surface area (Å²) in [6, 6.07) is 2.84. The summed E-state index contributed by atoms with van der Waals surface area (Å²) in [4.78, 5) is 22.3. The van der Waals surface area contributed by atoms with Crippen molar-refractivity contribution < 1.29 is 28.9 Å². The highest BCUT2D eigenvalue weighted by atomic mass is 16.5. The molecule has 0 aromatic heterocycles. The van der Waals surface area contributed by atoms with E-state index in [9.17, 15) is 9.59 Å². The number of amides is 2. The number of methoxy groups -OCH3 is 3. The van der Waals surface area contributed by atoms with Crippen LogP contribution >= 0.6 is 0 Å². The number of carboxylic acids is 1. The van der Waals surface area contributed by atoms with Crippen molar-refractivity contribution in [2.45, 2.75) is 25.8 Å². The van der Waals surface area contributed by atoms with Crippen LogP contribution in [-0.4, -0.2) is 45.0 Å². The first-order valence-electron chi connectivity index (χ1n) is 7.49. The highest BCUT2D eigenvalue weighted by molar-refractivity contribution is 5.74. The molecule has 1 atom stereocenters. The maximum Gasteiger partial charge on any atom is 0.315 e. The minimum Gasteiger partial charge on any atom is -0.493 e. The highest BCUT2D eigenvalue weighted by Crippen LogP contribution is 2.39. The van der Waals surface area contributed by atoms with Crippen LogP contribution in [0.1, 0.15) is 31.4 Å². The molecule has 0 saturated heterocycles. The Morgan fingerprint density at radius 3 is 2.17 bits per heavy atom. The van der Waals surface area contributed by atoms with E-state index in [0.29, 0.717) is 30.2 Å². The minimum atomic E-state index is -0.886. The molecular formula is C16H24N2O6. The van der Waals surface area contributed by atoms with Crippen molar-refractivity contribution in [3.63, 3.8) is 0 Å². The average Bonchev–Trinajstić information content (AvgIpc) is 2.56. The van der Waals surface area contributed by atoms with Crippen LogP contribution in [-0.2, 0) is 4.79 Å². The first-order valence-corrected chi connectivity index (χ1v) is 7.49. The molecule has 8 heteroatoms. The van der Waals surface area contributed by atoms with Crippen LogP contribution in [0, 0.1) is 0 Å². The lowest BCUT2D eigenvalue weighted by molar-refractivity contribution is -0.137. The Morgan fingerprint density at radius 1 is 1.12 bits per heavy atom. The summed E-state index contributed by atoms with van der Waals surface area (Å²) in [6.07, 6.45) is 0.393. The third kappa shape index (κ3) is 5.53. The van der Waals surface area contributed by atoms with Gasteiger partial charge in [0.25, 0.3) is 0 Å². The number of carboxylic acid groups (broad SMARTS) is 1. The van der Waals surface area contributed by atoms with Crippen LogP contribution in [0.25, 0.3) is 0 Å². The number of carbonyl (C=O) groups is 2. The molecule has 0 bridgehead atoms. The zero-order valence-electron chi connectivity index (χ0n) is 14.3. The molecule has 0 fully saturated rings. The SMILES string of the molecule is COc1cc(C(C)NC(=O)NCCCC(=O)O)cc(OC)c1OC. The van der Waals surface area contributed by atoms with Gasteiger partial charge in [0.1, 0.15) is 0 Å². The predicted molar refractivity (Wildman–Crippen MR) is 87.9 cm³/mol. The Hall–Kier alpha value is -2.64. The van der Waals surface area contributed by atoms with Crippen molar-refractivity contribution in [3.05, 3.63) is 17.7 Å². The summed E-state index contributed by atoms with van der Waals surface area (Å²) in [5.41, 5.74) is 0.783. The lowest BCUT2D eigenvalue weighted by atomic mass is 10.1. The van der Waals surface area contributed by atoms with E-state index in [1.807, 2.05) is 6.92 Å². The van der Waals surface area contributed by atoms with Gasteiger partial charge < -0.3 is 30.0 Å². The minimum absolute atomic E-state index is 0.0166. The van der Waals surface area contributed by atoms with Gasteiger partial charge in [-0.15, -0.1) is 0 Å². The fraction of sp³-hybridized carbons (Fsp3) is 0.500. The molecule has 1 aromatic rings. The van der Waals surface area contributed by atoms with Crippen molar-refractivity contribution in [2.24, 2.45) is 0 Å². The molecule has 0 spiro atoms. The quantitative estimate of drug-likeness (QED) is 0.593. The molecular weight excluding hydrogens is 316 g/mol. The zero-order valence-corrected chi connectivity index (χ0v) is 14.3. The van der Waals surface area contributed by atoms with E-state index in [4.69, 9.17) is 19.3 Å². The molecule has 0 saturated carbocycles. The van der Waals surface area contributed by atoms with Crippen molar-refractivity contribution >= 4 is 12.0 Å². The Balaban J connectivity index is 2.71. The average molecular weight is 340 g/mol. The number of nitrogens with one attached hydrogen (secondary N) is 2. The number of benzene rings is 1. The van der Waals surface area contributed by atoms with Crippen molar-refractivity contribution in [3.8, 4) is 17.2 Å². The molecule has 134 valence electrons. The van der Waals surface area contributed by atoms with E-state index >= 15 is 0 Å². The summed E-state index contributed by atoms with van der Waals surface area (Å²) in [7, 11) is 4.56. The standard InChI is InChI=1S/C16H24N2O6/c1-10(18-16(21)17-7-5-6-14(19)20)11-8-12(22-2)15(24-4)13(9-11)23-3/h8-10H,5-7H2,1-4H3,(H,19,20)(H2,17,18,21). The molecule has 0 aliphatic heterocycles. The summed E-state index contributed by atoms with van der Waals surface area (Å²) in [5, 5.41) is 13.9. The van der Waals surface area contributed by atoms with Crippen LogP contribution in [0.3, 0.4) is 0 Å². The third-order valence-corrected chi connectivity index (χ3v) is 3.39. The molecule has 3 N–H and O–H groups in total. The van der Waals surface area contributed by atoms with E-state index in [1.165, 1.54) is 21.3 Å². The first kappa shape index (κ1) is 19.4. The maximum absolute atomic E-state index is 11.8. The molecule has 0 heterocycles. The zero-order chi connectivity index (χ0) is 18.1. The molecule has 0 radical (unpaired) electrons. The van der Waals surface area contributed by atoms with Crippen LogP contribution in [0.5, 0.6) is 17.2 Å². The summed E-state index contributed by atoms with van der Waals surface area (Å²) >= 11 is 0. The van der Waals surface area contributed by atoms with Gasteiger partial charge in [-0.2, -0.15) is 0 Å². The van der Waals surface area contributed by atoms with Gasteiger partial charge in [0.15, 0.2) is 11.5 Å². The highest BCUT2D eigenvalue weighted by Gasteiger charge is 2.17. The summed E-state index contributed by atoms with van der Waals surface area (Å²) < 4.78 is 15.8. The van der Waals surface area contributed by atoms with Gasteiger partial charge in [-0.25, -0.2) is 4.79 Å². The Kier molecular flexibility index (Phi) is 7.67. The van der Waals surface area contributed by atoms with E-state index in [1.54, 1.807) is 12.1 Å². The lowest BCUT2D eigenvalue weighted by Crippen LogP contribution is -2.37. The molecule has 2 amide bonds. The number of hydrogen-bond acceptors (Lipinski definition) is 5. The molecule has 1 aromatic carbocycles. The van der Waals surface area contributed by atoms with Gasteiger partial charge >= 0.3 is 12.0 Å². The smallest absolute Gasteiger partial charge is 0.315 e. The number of rotatable bonds is 9. The normalized spacial score (nSPS) is 11.3. The van der Waals surface area contributed by atoms with E-state index in [2.05, 4.69) is 10.6 Å². The van der Waals surface area contributed by atoms with Gasteiger partial charge in [-0.1, -0.05) is 0 Å². The third-order valence-electron chi connectivity index (χ3n) is 3.39. The van der Waals surface area contributed by atoms with Gasteiger partial charge in [-0.3, -0.25) is 4.79 Å². The fourth-order valence-corrected chi connectivity index (χ4v) is 2.12. The second-order valence-corrected chi connectivity index (χ2v) is 5.08. The number of ether oxygens (including phenoxy) is 3. The number of urea groups is 1. The van der Waals surface area contributed by atoms with Crippen LogP contribution in [0.15, 0.2) is 12.1 Å². The van der Waals surface area contributed by atoms with Crippen LogP contribution in [0.2, 0.25) is 0 Å². The molecule has 24 heavy (non-hydrogen) atoms. The molecule has 8 nitrogen and oxygen atoms in total.